The van der Waals surface area contributed by atoms with Crippen LogP contribution in [0.2, 0.25) is 0 Å². The Labute approximate surface area is 169 Å². The molecule has 8 heteroatoms. The van der Waals surface area contributed by atoms with Gasteiger partial charge in [-0.25, -0.2) is 4.98 Å². The molecule has 0 saturated carbocycles. The van der Waals surface area contributed by atoms with Crippen LogP contribution in [0.25, 0.3) is 0 Å². The Morgan fingerprint density at radius 3 is 2.52 bits per heavy atom. The molecule has 1 atom stereocenters. The molecule has 1 fully saturated rings. The standard InChI is InChI=1S/C21H24N6O2/c1-16(27-10-6-9-22-27)21(28)26-13-11-25(12-14-26)19-15-20(24-17(2)23-19)29-18-7-4-3-5-8-18/h3-10,15-16H,11-14H2,1-2H3. The van der Waals surface area contributed by atoms with E-state index in [2.05, 4.69) is 20.0 Å². The molecule has 0 bridgehead atoms. The summed E-state index contributed by atoms with van der Waals surface area (Å²) >= 11 is 0. The molecule has 4 rings (SSSR count). The van der Waals surface area contributed by atoms with Crippen LogP contribution in [0.5, 0.6) is 11.6 Å². The van der Waals surface area contributed by atoms with Gasteiger partial charge in [0, 0.05) is 44.6 Å². The van der Waals surface area contributed by atoms with Crippen LogP contribution >= 0.6 is 0 Å². The van der Waals surface area contributed by atoms with E-state index in [-0.39, 0.29) is 11.9 Å². The van der Waals surface area contributed by atoms with Crippen molar-refractivity contribution in [2.75, 3.05) is 31.1 Å². The number of aromatic nitrogens is 4. The van der Waals surface area contributed by atoms with Gasteiger partial charge in [-0.1, -0.05) is 18.2 Å². The van der Waals surface area contributed by atoms with Gasteiger partial charge in [-0.05, 0) is 32.0 Å². The fourth-order valence-electron chi connectivity index (χ4n) is 3.39. The number of aryl methyl sites for hydroxylation is 1. The lowest BCUT2D eigenvalue weighted by Crippen LogP contribution is -2.50. The Hall–Kier alpha value is -3.42. The highest BCUT2D eigenvalue weighted by molar-refractivity contribution is 5.80. The van der Waals surface area contributed by atoms with Gasteiger partial charge >= 0.3 is 0 Å². The third kappa shape index (κ3) is 4.37. The second kappa shape index (κ2) is 8.30. The maximum atomic E-state index is 12.8. The van der Waals surface area contributed by atoms with E-state index in [1.54, 1.807) is 10.9 Å². The third-order valence-electron chi connectivity index (χ3n) is 4.96. The quantitative estimate of drug-likeness (QED) is 0.664. The van der Waals surface area contributed by atoms with Gasteiger partial charge < -0.3 is 14.5 Å². The number of ether oxygens (including phenoxy) is 1. The number of nitrogens with zero attached hydrogens (tertiary/aromatic N) is 6. The Kier molecular flexibility index (Phi) is 5.41. The Bertz CT molecular complexity index is 953. The fraction of sp³-hybridized carbons (Fsp3) is 0.333. The van der Waals surface area contributed by atoms with Crippen LogP contribution in [0.3, 0.4) is 0 Å². The Morgan fingerprint density at radius 2 is 1.83 bits per heavy atom. The predicted molar refractivity (Wildman–Crippen MR) is 109 cm³/mol. The highest BCUT2D eigenvalue weighted by Gasteiger charge is 2.26. The average Bonchev–Trinajstić information content (AvgIpc) is 3.28. The van der Waals surface area contributed by atoms with E-state index >= 15 is 0 Å². The van der Waals surface area contributed by atoms with E-state index in [4.69, 9.17) is 4.74 Å². The average molecular weight is 392 g/mol. The van der Waals surface area contributed by atoms with Crippen LogP contribution < -0.4 is 9.64 Å². The molecular formula is C21H24N6O2. The zero-order chi connectivity index (χ0) is 20.2. The first-order valence-corrected chi connectivity index (χ1v) is 9.71. The van der Waals surface area contributed by atoms with Crippen molar-refractivity contribution in [2.45, 2.75) is 19.9 Å². The molecule has 1 amide bonds. The minimum atomic E-state index is -0.302. The molecule has 1 saturated heterocycles. The summed E-state index contributed by atoms with van der Waals surface area (Å²) < 4.78 is 7.56. The van der Waals surface area contributed by atoms with Crippen molar-refractivity contribution < 1.29 is 9.53 Å². The molecule has 0 spiro atoms. The van der Waals surface area contributed by atoms with Gasteiger partial charge in [0.15, 0.2) is 0 Å². The normalized spacial score (nSPS) is 15.2. The Morgan fingerprint density at radius 1 is 1.07 bits per heavy atom. The fourth-order valence-corrected chi connectivity index (χ4v) is 3.39. The van der Waals surface area contributed by atoms with Gasteiger partial charge in [0.1, 0.15) is 23.4 Å². The lowest BCUT2D eigenvalue weighted by atomic mass is 10.2. The van der Waals surface area contributed by atoms with E-state index in [1.807, 2.05) is 67.4 Å². The predicted octanol–water partition coefficient (Wildman–Crippen LogP) is 2.68. The van der Waals surface area contributed by atoms with E-state index < -0.39 is 0 Å². The van der Waals surface area contributed by atoms with Crippen molar-refractivity contribution in [3.63, 3.8) is 0 Å². The molecule has 1 aliphatic rings. The number of hydrogen-bond acceptors (Lipinski definition) is 6. The van der Waals surface area contributed by atoms with Gasteiger partial charge in [0.25, 0.3) is 0 Å². The second-order valence-electron chi connectivity index (χ2n) is 7.00. The largest absolute Gasteiger partial charge is 0.439 e. The van der Waals surface area contributed by atoms with Crippen molar-refractivity contribution in [3.05, 3.63) is 60.7 Å². The van der Waals surface area contributed by atoms with Crippen LogP contribution in [0, 0.1) is 6.92 Å². The van der Waals surface area contributed by atoms with Gasteiger partial charge in [-0.2, -0.15) is 10.1 Å². The number of hydrogen-bond donors (Lipinski definition) is 0. The van der Waals surface area contributed by atoms with Crippen LogP contribution in [-0.2, 0) is 4.79 Å². The van der Waals surface area contributed by atoms with Crippen molar-refractivity contribution >= 4 is 11.7 Å². The molecular weight excluding hydrogens is 368 g/mol. The number of carbonyl (C=O) groups excluding carboxylic acids is 1. The summed E-state index contributed by atoms with van der Waals surface area (Å²) in [7, 11) is 0. The SMILES string of the molecule is Cc1nc(Oc2ccccc2)cc(N2CCN(C(=O)C(C)n3cccn3)CC2)n1. The summed E-state index contributed by atoms with van der Waals surface area (Å²) in [6.07, 6.45) is 3.50. The summed E-state index contributed by atoms with van der Waals surface area (Å²) in [6.45, 7) is 6.43. The van der Waals surface area contributed by atoms with E-state index in [0.29, 0.717) is 37.9 Å². The van der Waals surface area contributed by atoms with E-state index in [0.717, 1.165) is 11.6 Å². The number of carbonyl (C=O) groups is 1. The van der Waals surface area contributed by atoms with Crippen molar-refractivity contribution in [2.24, 2.45) is 0 Å². The number of piperazine rings is 1. The molecule has 0 radical (unpaired) electrons. The molecule has 3 aromatic rings. The highest BCUT2D eigenvalue weighted by atomic mass is 16.5. The molecule has 1 unspecified atom stereocenters. The van der Waals surface area contributed by atoms with Gasteiger partial charge in [-0.3, -0.25) is 9.48 Å². The van der Waals surface area contributed by atoms with Crippen molar-refractivity contribution in [1.82, 2.24) is 24.6 Å². The summed E-state index contributed by atoms with van der Waals surface area (Å²) in [5.41, 5.74) is 0. The molecule has 2 aromatic heterocycles. The molecule has 0 N–H and O–H groups in total. The molecule has 3 heterocycles. The third-order valence-corrected chi connectivity index (χ3v) is 4.96. The number of amides is 1. The van der Waals surface area contributed by atoms with Crippen LogP contribution in [-0.4, -0.2) is 56.7 Å². The first-order valence-electron chi connectivity index (χ1n) is 9.71. The molecule has 1 aromatic carbocycles. The lowest BCUT2D eigenvalue weighted by Gasteiger charge is -2.36. The number of benzene rings is 1. The van der Waals surface area contributed by atoms with Crippen molar-refractivity contribution in [1.29, 1.82) is 0 Å². The molecule has 150 valence electrons. The molecule has 8 nitrogen and oxygen atoms in total. The zero-order valence-corrected chi connectivity index (χ0v) is 16.6. The van der Waals surface area contributed by atoms with E-state index in [9.17, 15) is 4.79 Å². The first kappa shape index (κ1) is 18.9. The van der Waals surface area contributed by atoms with Crippen molar-refractivity contribution in [3.8, 4) is 11.6 Å². The second-order valence-corrected chi connectivity index (χ2v) is 7.00. The molecule has 1 aliphatic heterocycles. The number of anilines is 1. The van der Waals surface area contributed by atoms with Gasteiger partial charge in [0.05, 0.1) is 0 Å². The van der Waals surface area contributed by atoms with Gasteiger partial charge in [0.2, 0.25) is 11.8 Å². The first-order chi connectivity index (χ1) is 14.1. The topological polar surface area (TPSA) is 76.4 Å². The number of para-hydroxylation sites is 1. The summed E-state index contributed by atoms with van der Waals surface area (Å²) in [5.74, 6) is 2.80. The lowest BCUT2D eigenvalue weighted by molar-refractivity contribution is -0.134. The maximum Gasteiger partial charge on any atom is 0.247 e. The summed E-state index contributed by atoms with van der Waals surface area (Å²) in [6, 6.07) is 12.9. The minimum Gasteiger partial charge on any atom is -0.439 e. The minimum absolute atomic E-state index is 0.0836. The zero-order valence-electron chi connectivity index (χ0n) is 16.6. The maximum absolute atomic E-state index is 12.8. The van der Waals surface area contributed by atoms with Crippen LogP contribution in [0.4, 0.5) is 5.82 Å². The van der Waals surface area contributed by atoms with Crippen LogP contribution in [0.15, 0.2) is 54.9 Å². The summed E-state index contributed by atoms with van der Waals surface area (Å²) in [5, 5.41) is 4.18. The van der Waals surface area contributed by atoms with E-state index in [1.165, 1.54) is 0 Å². The molecule has 29 heavy (non-hydrogen) atoms. The smallest absolute Gasteiger partial charge is 0.247 e. The highest BCUT2D eigenvalue weighted by Crippen LogP contribution is 2.24. The summed E-state index contributed by atoms with van der Waals surface area (Å²) in [4.78, 5) is 25.7. The van der Waals surface area contributed by atoms with Gasteiger partial charge in [-0.15, -0.1) is 0 Å². The monoisotopic (exact) mass is 392 g/mol. The number of rotatable bonds is 5. The molecule has 0 aliphatic carbocycles. The van der Waals surface area contributed by atoms with Crippen LogP contribution in [0.1, 0.15) is 18.8 Å². The Balaban J connectivity index is 1.41.